The average molecular weight is 488 g/mol. The molecule has 184 valence electrons. The number of hydrogen-bond donors (Lipinski definition) is 1. The minimum Gasteiger partial charge on any atom is -0.490 e. The minimum atomic E-state index is -0.790. The predicted octanol–water partition coefficient (Wildman–Crippen LogP) is 2.76. The van der Waals surface area contributed by atoms with Gasteiger partial charge in [-0.15, -0.1) is 0 Å². The van der Waals surface area contributed by atoms with Crippen molar-refractivity contribution >= 4 is 29.4 Å². The maximum atomic E-state index is 13.1. The molecule has 9 nitrogen and oxygen atoms in total. The number of nitrogens with one attached hydrogen (secondary N) is 1. The second kappa shape index (κ2) is 8.99. The number of nitrogens with zero attached hydrogens (tertiary/aromatic N) is 2. The number of amides is 3. The van der Waals surface area contributed by atoms with E-state index >= 15 is 0 Å². The molecule has 0 spiro atoms. The Morgan fingerprint density at radius 1 is 1.08 bits per heavy atom. The number of rotatable bonds is 6. The number of methoxy groups -OCH3 is 1. The van der Waals surface area contributed by atoms with E-state index in [0.29, 0.717) is 24.5 Å². The summed E-state index contributed by atoms with van der Waals surface area (Å²) in [5.41, 5.74) is 3.22. The Labute approximate surface area is 208 Å². The van der Waals surface area contributed by atoms with Crippen molar-refractivity contribution < 1.29 is 28.7 Å². The Morgan fingerprint density at radius 2 is 1.83 bits per heavy atom. The van der Waals surface area contributed by atoms with Crippen LogP contribution in [0.15, 0.2) is 61.0 Å². The van der Waals surface area contributed by atoms with Crippen LogP contribution in [-0.2, 0) is 25.7 Å². The Hall–Kier alpha value is -4.40. The van der Waals surface area contributed by atoms with E-state index in [1.165, 1.54) is 12.0 Å². The van der Waals surface area contributed by atoms with Crippen LogP contribution in [0.3, 0.4) is 0 Å². The van der Waals surface area contributed by atoms with Crippen molar-refractivity contribution in [3.63, 3.8) is 0 Å². The van der Waals surface area contributed by atoms with Gasteiger partial charge in [0, 0.05) is 11.5 Å². The number of benzene rings is 2. The maximum absolute atomic E-state index is 13.1. The van der Waals surface area contributed by atoms with Gasteiger partial charge in [-0.1, -0.05) is 31.4 Å². The van der Waals surface area contributed by atoms with Gasteiger partial charge in [0.25, 0.3) is 11.8 Å². The van der Waals surface area contributed by atoms with Crippen LogP contribution in [-0.4, -0.2) is 48.9 Å². The fourth-order valence-electron chi connectivity index (χ4n) is 4.49. The van der Waals surface area contributed by atoms with Gasteiger partial charge in [0.1, 0.15) is 23.8 Å². The van der Waals surface area contributed by atoms with Gasteiger partial charge in [0.05, 0.1) is 25.9 Å². The molecule has 1 N–H and O–H groups in total. The molecule has 0 aromatic heterocycles. The zero-order valence-corrected chi connectivity index (χ0v) is 19.8. The van der Waals surface area contributed by atoms with Crippen LogP contribution in [0.5, 0.6) is 5.75 Å². The standard InChI is InChI=1S/C27H25N3O6/c1-15(27(34)35-3)28-24(31)16(2)30-14-21-19(5-4-6-20(21)26(30)33)18-9-10-22-23(13-18)36-12-11-29(22)25(32)17-7-8-17/h4-6,9-10,13,17H,1-2,7-8,11-12,14H2,3H3,(H,28,31). The summed E-state index contributed by atoms with van der Waals surface area (Å²) in [7, 11) is 1.17. The Kier molecular flexibility index (Phi) is 5.83. The lowest BCUT2D eigenvalue weighted by atomic mass is 9.96. The second-order valence-electron chi connectivity index (χ2n) is 8.89. The van der Waals surface area contributed by atoms with Gasteiger partial charge in [-0.05, 0) is 47.7 Å². The fourth-order valence-corrected chi connectivity index (χ4v) is 4.49. The molecule has 0 saturated heterocycles. The van der Waals surface area contributed by atoms with Crippen molar-refractivity contribution in [3.8, 4) is 16.9 Å². The number of ether oxygens (including phenoxy) is 2. The largest absolute Gasteiger partial charge is 0.490 e. The SMILES string of the molecule is C=C(NC(=O)C(=C)N1Cc2c(cccc2-c2ccc3c(c2)OCCN3C(=O)C2CC2)C1=O)C(=O)OC. The van der Waals surface area contributed by atoms with E-state index in [1.807, 2.05) is 24.3 Å². The predicted molar refractivity (Wildman–Crippen MR) is 131 cm³/mol. The van der Waals surface area contributed by atoms with E-state index in [-0.39, 0.29) is 35.7 Å². The summed E-state index contributed by atoms with van der Waals surface area (Å²) in [5, 5.41) is 2.31. The van der Waals surface area contributed by atoms with Crippen molar-refractivity contribution in [1.82, 2.24) is 10.2 Å². The third kappa shape index (κ3) is 4.02. The molecule has 5 rings (SSSR count). The van der Waals surface area contributed by atoms with Crippen LogP contribution in [0.1, 0.15) is 28.8 Å². The van der Waals surface area contributed by atoms with Gasteiger partial charge >= 0.3 is 5.97 Å². The number of carbonyl (C=O) groups is 4. The summed E-state index contributed by atoms with van der Waals surface area (Å²) < 4.78 is 10.4. The van der Waals surface area contributed by atoms with E-state index in [0.717, 1.165) is 35.2 Å². The van der Waals surface area contributed by atoms with Crippen LogP contribution in [0.2, 0.25) is 0 Å². The smallest absolute Gasteiger partial charge is 0.353 e. The van der Waals surface area contributed by atoms with Crippen LogP contribution < -0.4 is 15.0 Å². The number of hydrogen-bond acceptors (Lipinski definition) is 6. The number of fused-ring (bicyclic) bond motifs is 2. The molecule has 1 saturated carbocycles. The Balaban J connectivity index is 1.40. The first-order valence-electron chi connectivity index (χ1n) is 11.6. The van der Waals surface area contributed by atoms with Gasteiger partial charge in [0.2, 0.25) is 5.91 Å². The van der Waals surface area contributed by atoms with E-state index in [9.17, 15) is 19.2 Å². The zero-order valence-electron chi connectivity index (χ0n) is 19.8. The van der Waals surface area contributed by atoms with Gasteiger partial charge in [-0.2, -0.15) is 0 Å². The molecule has 3 amide bonds. The first-order valence-corrected chi connectivity index (χ1v) is 11.6. The fraction of sp³-hybridized carbons (Fsp3) is 0.259. The normalized spacial score (nSPS) is 16.0. The van der Waals surface area contributed by atoms with Crippen LogP contribution in [0, 0.1) is 5.92 Å². The third-order valence-corrected chi connectivity index (χ3v) is 6.58. The first-order chi connectivity index (χ1) is 17.3. The van der Waals surface area contributed by atoms with Crippen LogP contribution in [0.4, 0.5) is 5.69 Å². The topological polar surface area (TPSA) is 105 Å². The summed E-state index contributed by atoms with van der Waals surface area (Å²) in [6, 6.07) is 11.0. The molecule has 1 fully saturated rings. The lowest BCUT2D eigenvalue weighted by Crippen LogP contribution is -2.38. The molecule has 2 aromatic rings. The highest BCUT2D eigenvalue weighted by atomic mass is 16.5. The lowest BCUT2D eigenvalue weighted by Gasteiger charge is -2.30. The highest BCUT2D eigenvalue weighted by Crippen LogP contribution is 2.41. The van der Waals surface area contributed by atoms with Crippen LogP contribution in [0.25, 0.3) is 11.1 Å². The number of anilines is 1. The molecule has 36 heavy (non-hydrogen) atoms. The average Bonchev–Trinajstić information content (AvgIpc) is 3.69. The molecule has 0 radical (unpaired) electrons. The second-order valence-corrected chi connectivity index (χ2v) is 8.89. The highest BCUT2D eigenvalue weighted by molar-refractivity contribution is 6.08. The molecule has 0 unspecified atom stereocenters. The van der Waals surface area contributed by atoms with Gasteiger partial charge in [-0.25, -0.2) is 4.79 Å². The highest BCUT2D eigenvalue weighted by Gasteiger charge is 2.37. The van der Waals surface area contributed by atoms with Gasteiger partial charge in [-0.3, -0.25) is 19.3 Å². The van der Waals surface area contributed by atoms with E-state index in [4.69, 9.17) is 4.74 Å². The van der Waals surface area contributed by atoms with E-state index < -0.39 is 11.9 Å². The van der Waals surface area contributed by atoms with Gasteiger partial charge < -0.3 is 19.7 Å². The molecule has 1 aliphatic carbocycles. The molecular formula is C27H25N3O6. The monoisotopic (exact) mass is 487 g/mol. The summed E-state index contributed by atoms with van der Waals surface area (Å²) in [5.74, 6) is -1.01. The summed E-state index contributed by atoms with van der Waals surface area (Å²) in [6.45, 7) is 8.29. The minimum absolute atomic E-state index is 0.111. The van der Waals surface area contributed by atoms with Crippen molar-refractivity contribution in [2.45, 2.75) is 19.4 Å². The Morgan fingerprint density at radius 3 is 2.56 bits per heavy atom. The molecule has 3 aliphatic rings. The Bertz CT molecular complexity index is 1340. The molecule has 0 bridgehead atoms. The molecule has 2 aliphatic heterocycles. The molecular weight excluding hydrogens is 462 g/mol. The van der Waals surface area contributed by atoms with Crippen molar-refractivity contribution in [1.29, 1.82) is 0 Å². The molecule has 2 aromatic carbocycles. The molecule has 2 heterocycles. The van der Waals surface area contributed by atoms with Gasteiger partial charge in [0.15, 0.2) is 0 Å². The molecule has 0 atom stereocenters. The molecule has 9 heteroatoms. The van der Waals surface area contributed by atoms with Crippen LogP contribution >= 0.6 is 0 Å². The summed E-state index contributed by atoms with van der Waals surface area (Å²) in [6.07, 6.45) is 1.87. The van der Waals surface area contributed by atoms with E-state index in [1.54, 1.807) is 17.0 Å². The van der Waals surface area contributed by atoms with E-state index in [2.05, 4.69) is 23.2 Å². The number of carbonyl (C=O) groups excluding carboxylic acids is 4. The van der Waals surface area contributed by atoms with Crippen molar-refractivity contribution in [2.75, 3.05) is 25.2 Å². The lowest BCUT2D eigenvalue weighted by molar-refractivity contribution is -0.137. The third-order valence-electron chi connectivity index (χ3n) is 6.58. The zero-order chi connectivity index (χ0) is 25.6. The number of esters is 1. The maximum Gasteiger partial charge on any atom is 0.353 e. The quantitative estimate of drug-likeness (QED) is 0.496. The van der Waals surface area contributed by atoms with Crippen molar-refractivity contribution in [2.24, 2.45) is 5.92 Å². The summed E-state index contributed by atoms with van der Waals surface area (Å²) in [4.78, 5) is 53.0. The summed E-state index contributed by atoms with van der Waals surface area (Å²) >= 11 is 0. The first kappa shape index (κ1) is 23.3. The van der Waals surface area contributed by atoms with Crippen molar-refractivity contribution in [3.05, 3.63) is 72.1 Å².